The molecule has 1 saturated carbocycles. The van der Waals surface area contributed by atoms with Crippen LogP contribution >= 0.6 is 0 Å². The zero-order valence-corrected chi connectivity index (χ0v) is 17.4. The third-order valence-electron chi connectivity index (χ3n) is 6.22. The predicted octanol–water partition coefficient (Wildman–Crippen LogP) is 0.654. The number of aromatic nitrogens is 3. The molecule has 2 aliphatic heterocycles. The van der Waals surface area contributed by atoms with Gasteiger partial charge in [0.15, 0.2) is 0 Å². The number of sulfonamides is 1. The Hall–Kier alpha value is -1.19. The number of hydrogen-bond acceptors (Lipinski definition) is 6. The standard InChI is InChI=1S/C18H32N6O2S/c1-3-21-7-6-16(13-21)14-24-17(12-15-4-5-15)19-20-18(24)22-8-10-23(11-9-22)27(2,25)26/h15-16H,3-14H2,1-2H3. The van der Waals surface area contributed by atoms with Crippen LogP contribution in [0, 0.1) is 11.8 Å². The summed E-state index contributed by atoms with van der Waals surface area (Å²) in [7, 11) is -3.11. The number of likely N-dealkylation sites (tertiary alicyclic amines) is 1. The molecule has 27 heavy (non-hydrogen) atoms. The topological polar surface area (TPSA) is 74.6 Å². The van der Waals surface area contributed by atoms with Gasteiger partial charge in [0.05, 0.1) is 6.26 Å². The van der Waals surface area contributed by atoms with Gasteiger partial charge in [0, 0.05) is 45.7 Å². The Balaban J connectivity index is 1.49. The quantitative estimate of drug-likeness (QED) is 0.674. The predicted molar refractivity (Wildman–Crippen MR) is 105 cm³/mol. The zero-order chi connectivity index (χ0) is 19.0. The van der Waals surface area contributed by atoms with Gasteiger partial charge in [-0.1, -0.05) is 6.92 Å². The molecule has 2 saturated heterocycles. The van der Waals surface area contributed by atoms with Crippen LogP contribution < -0.4 is 4.90 Å². The van der Waals surface area contributed by atoms with Gasteiger partial charge in [-0.15, -0.1) is 10.2 Å². The minimum Gasteiger partial charge on any atom is -0.338 e. The fourth-order valence-corrected chi connectivity index (χ4v) is 5.13. The number of hydrogen-bond donors (Lipinski definition) is 0. The Morgan fingerprint density at radius 3 is 2.33 bits per heavy atom. The van der Waals surface area contributed by atoms with Gasteiger partial charge in [0.2, 0.25) is 16.0 Å². The SMILES string of the molecule is CCN1CCC(Cn2c(CC3CC3)nnc2N2CCN(S(C)(=O)=O)CC2)C1. The van der Waals surface area contributed by atoms with Gasteiger partial charge >= 0.3 is 0 Å². The molecular weight excluding hydrogens is 364 g/mol. The summed E-state index contributed by atoms with van der Waals surface area (Å²) in [5.74, 6) is 3.48. The minimum absolute atomic E-state index is 0.524. The van der Waals surface area contributed by atoms with Crippen molar-refractivity contribution >= 4 is 16.0 Å². The van der Waals surface area contributed by atoms with Crippen molar-refractivity contribution in [2.24, 2.45) is 11.8 Å². The van der Waals surface area contributed by atoms with Gasteiger partial charge in [-0.05, 0) is 44.2 Å². The van der Waals surface area contributed by atoms with Crippen molar-refractivity contribution in [1.29, 1.82) is 0 Å². The van der Waals surface area contributed by atoms with E-state index in [0.717, 1.165) is 43.7 Å². The van der Waals surface area contributed by atoms with E-state index in [1.54, 1.807) is 4.31 Å². The first kappa shape index (κ1) is 19.1. The van der Waals surface area contributed by atoms with Crippen LogP contribution in [0.4, 0.5) is 5.95 Å². The van der Waals surface area contributed by atoms with E-state index >= 15 is 0 Å². The fourth-order valence-electron chi connectivity index (χ4n) is 4.31. The van der Waals surface area contributed by atoms with Gasteiger partial charge in [-0.3, -0.25) is 4.57 Å². The van der Waals surface area contributed by atoms with Gasteiger partial charge in [-0.25, -0.2) is 8.42 Å². The van der Waals surface area contributed by atoms with Crippen LogP contribution in [-0.4, -0.2) is 84.5 Å². The second-order valence-electron chi connectivity index (χ2n) is 8.37. The lowest BCUT2D eigenvalue weighted by molar-refractivity contribution is 0.330. The monoisotopic (exact) mass is 396 g/mol. The first-order chi connectivity index (χ1) is 12.9. The molecule has 1 unspecified atom stereocenters. The van der Waals surface area contributed by atoms with E-state index in [9.17, 15) is 8.42 Å². The Kier molecular flexibility index (Phi) is 5.44. The highest BCUT2D eigenvalue weighted by molar-refractivity contribution is 7.88. The molecular formula is C18H32N6O2S. The summed E-state index contributed by atoms with van der Waals surface area (Å²) in [6.45, 7) is 9.07. The second kappa shape index (κ2) is 7.67. The van der Waals surface area contributed by atoms with Crippen LogP contribution in [0.3, 0.4) is 0 Å². The summed E-state index contributed by atoms with van der Waals surface area (Å²) >= 11 is 0. The Bertz CT molecular complexity index is 752. The van der Waals surface area contributed by atoms with E-state index < -0.39 is 10.0 Å². The number of rotatable bonds is 7. The van der Waals surface area contributed by atoms with E-state index in [1.807, 2.05) is 0 Å². The van der Waals surface area contributed by atoms with E-state index in [-0.39, 0.29) is 0 Å². The van der Waals surface area contributed by atoms with Crippen molar-refractivity contribution in [2.75, 3.05) is 57.0 Å². The van der Waals surface area contributed by atoms with Crippen molar-refractivity contribution in [2.45, 2.75) is 39.2 Å². The third-order valence-corrected chi connectivity index (χ3v) is 7.53. The lowest BCUT2D eigenvalue weighted by atomic mass is 10.1. The maximum Gasteiger partial charge on any atom is 0.227 e. The highest BCUT2D eigenvalue weighted by Crippen LogP contribution is 2.33. The van der Waals surface area contributed by atoms with Gasteiger partial charge in [0.25, 0.3) is 0 Å². The second-order valence-corrected chi connectivity index (χ2v) is 10.4. The van der Waals surface area contributed by atoms with Crippen molar-refractivity contribution in [3.8, 4) is 0 Å². The normalized spacial score (nSPS) is 25.4. The molecule has 3 fully saturated rings. The van der Waals surface area contributed by atoms with Crippen LogP contribution in [0.25, 0.3) is 0 Å². The molecule has 9 heteroatoms. The van der Waals surface area contributed by atoms with E-state index in [1.165, 1.54) is 32.1 Å². The molecule has 1 aromatic heterocycles. The van der Waals surface area contributed by atoms with Crippen molar-refractivity contribution < 1.29 is 8.42 Å². The third kappa shape index (κ3) is 4.46. The number of anilines is 1. The molecule has 0 N–H and O–H groups in total. The van der Waals surface area contributed by atoms with Crippen molar-refractivity contribution in [3.05, 3.63) is 5.82 Å². The highest BCUT2D eigenvalue weighted by Gasteiger charge is 2.31. The van der Waals surface area contributed by atoms with E-state index in [0.29, 0.717) is 32.1 Å². The van der Waals surface area contributed by atoms with Crippen LogP contribution in [0.5, 0.6) is 0 Å². The molecule has 1 atom stereocenters. The van der Waals surface area contributed by atoms with Gasteiger partial charge < -0.3 is 9.80 Å². The Morgan fingerprint density at radius 1 is 1.00 bits per heavy atom. The molecule has 0 amide bonds. The molecule has 0 spiro atoms. The molecule has 8 nitrogen and oxygen atoms in total. The summed E-state index contributed by atoms with van der Waals surface area (Å²) in [6.07, 6.45) is 6.17. The van der Waals surface area contributed by atoms with Crippen LogP contribution in [0.1, 0.15) is 32.0 Å². The number of nitrogens with zero attached hydrogens (tertiary/aromatic N) is 6. The molecule has 0 bridgehead atoms. The average molecular weight is 397 g/mol. The summed E-state index contributed by atoms with van der Waals surface area (Å²) in [5, 5.41) is 9.09. The lowest BCUT2D eigenvalue weighted by Gasteiger charge is -2.34. The van der Waals surface area contributed by atoms with Crippen LogP contribution in [0.2, 0.25) is 0 Å². The van der Waals surface area contributed by atoms with Gasteiger partial charge in [-0.2, -0.15) is 4.31 Å². The minimum atomic E-state index is -3.11. The first-order valence-electron chi connectivity index (χ1n) is 10.3. The molecule has 152 valence electrons. The molecule has 4 rings (SSSR count). The van der Waals surface area contributed by atoms with E-state index in [2.05, 4.69) is 31.5 Å². The molecule has 3 aliphatic rings. The zero-order valence-electron chi connectivity index (χ0n) is 16.5. The first-order valence-corrected chi connectivity index (χ1v) is 12.1. The van der Waals surface area contributed by atoms with Crippen molar-refractivity contribution in [1.82, 2.24) is 24.0 Å². The maximum absolute atomic E-state index is 11.8. The molecule has 0 aromatic carbocycles. The fraction of sp³-hybridized carbons (Fsp3) is 0.889. The summed E-state index contributed by atoms with van der Waals surface area (Å²) in [5.41, 5.74) is 0. The Labute approximate surface area is 162 Å². The summed E-state index contributed by atoms with van der Waals surface area (Å²) in [6, 6.07) is 0. The van der Waals surface area contributed by atoms with Crippen molar-refractivity contribution in [3.63, 3.8) is 0 Å². The highest BCUT2D eigenvalue weighted by atomic mass is 32.2. The maximum atomic E-state index is 11.8. The molecule has 1 aliphatic carbocycles. The Morgan fingerprint density at radius 2 is 1.74 bits per heavy atom. The molecule has 1 aromatic rings. The molecule has 0 radical (unpaired) electrons. The lowest BCUT2D eigenvalue weighted by Crippen LogP contribution is -2.49. The van der Waals surface area contributed by atoms with Crippen LogP contribution in [-0.2, 0) is 23.0 Å². The largest absolute Gasteiger partial charge is 0.338 e. The number of piperazine rings is 1. The molecule has 3 heterocycles. The van der Waals surface area contributed by atoms with Crippen LogP contribution in [0.15, 0.2) is 0 Å². The summed E-state index contributed by atoms with van der Waals surface area (Å²) in [4.78, 5) is 4.73. The average Bonchev–Trinajstić information content (AvgIpc) is 3.20. The smallest absolute Gasteiger partial charge is 0.227 e. The van der Waals surface area contributed by atoms with Gasteiger partial charge in [0.1, 0.15) is 5.82 Å². The van der Waals surface area contributed by atoms with E-state index in [4.69, 9.17) is 0 Å². The summed E-state index contributed by atoms with van der Waals surface area (Å²) < 4.78 is 27.5.